The normalized spacial score (nSPS) is 26.9. The van der Waals surface area contributed by atoms with Gasteiger partial charge in [0.15, 0.2) is 0 Å². The van der Waals surface area contributed by atoms with E-state index >= 15 is 0 Å². The Hall–Kier alpha value is -0.530. The Balaban J connectivity index is 1.94. The summed E-state index contributed by atoms with van der Waals surface area (Å²) in [6, 6.07) is 0.591. The molecule has 0 bridgehead atoms. The molecule has 1 saturated carbocycles. The number of hydrogen-bond acceptors (Lipinski definition) is 1. The average molecular weight is 223 g/mol. The average Bonchev–Trinajstić information content (AvgIpc) is 2.87. The number of hydrogen-bond donors (Lipinski definition) is 0. The first-order valence-corrected chi connectivity index (χ1v) is 6.98. The van der Waals surface area contributed by atoms with Gasteiger partial charge in [0.1, 0.15) is 0 Å². The van der Waals surface area contributed by atoms with E-state index in [0.29, 0.717) is 17.9 Å². The molecule has 0 aromatic rings. The number of carbonyl (C=O) groups is 1. The Morgan fingerprint density at radius 1 is 1.19 bits per heavy atom. The highest BCUT2D eigenvalue weighted by atomic mass is 16.2. The van der Waals surface area contributed by atoms with Crippen molar-refractivity contribution in [3.63, 3.8) is 0 Å². The molecule has 92 valence electrons. The lowest BCUT2D eigenvalue weighted by molar-refractivity contribution is -0.133. The van der Waals surface area contributed by atoms with Crippen LogP contribution >= 0.6 is 0 Å². The molecule has 1 saturated heterocycles. The lowest BCUT2D eigenvalue weighted by Crippen LogP contribution is -2.39. The zero-order valence-corrected chi connectivity index (χ0v) is 10.7. The topological polar surface area (TPSA) is 20.3 Å². The summed E-state index contributed by atoms with van der Waals surface area (Å²) >= 11 is 0. The summed E-state index contributed by atoms with van der Waals surface area (Å²) in [5.74, 6) is 1.72. The predicted molar refractivity (Wildman–Crippen MR) is 66.1 cm³/mol. The third kappa shape index (κ3) is 2.58. The van der Waals surface area contributed by atoms with Crippen LogP contribution < -0.4 is 0 Å². The monoisotopic (exact) mass is 223 g/mol. The Labute approximate surface area is 99.4 Å². The molecule has 0 spiro atoms. The molecule has 1 aliphatic heterocycles. The van der Waals surface area contributed by atoms with E-state index in [1.165, 1.54) is 38.5 Å². The van der Waals surface area contributed by atoms with Crippen LogP contribution in [0.5, 0.6) is 0 Å². The van der Waals surface area contributed by atoms with Crippen molar-refractivity contribution >= 4 is 5.91 Å². The Kier molecular flexibility index (Phi) is 3.88. The summed E-state index contributed by atoms with van der Waals surface area (Å²) in [4.78, 5) is 14.4. The SMILES string of the molecule is CC(C)CC(=O)N1CCCC1C1CCCC1. The van der Waals surface area contributed by atoms with E-state index in [2.05, 4.69) is 18.7 Å². The van der Waals surface area contributed by atoms with Gasteiger partial charge in [-0.1, -0.05) is 26.7 Å². The van der Waals surface area contributed by atoms with Gasteiger partial charge in [0.25, 0.3) is 0 Å². The first-order chi connectivity index (χ1) is 7.68. The second-order valence-corrected chi connectivity index (χ2v) is 5.94. The van der Waals surface area contributed by atoms with Crippen LogP contribution in [0.25, 0.3) is 0 Å². The maximum atomic E-state index is 12.1. The summed E-state index contributed by atoms with van der Waals surface area (Å²) in [5, 5.41) is 0. The van der Waals surface area contributed by atoms with Crippen molar-refractivity contribution in [2.45, 2.75) is 64.8 Å². The molecular weight excluding hydrogens is 198 g/mol. The van der Waals surface area contributed by atoms with Crippen LogP contribution in [0.4, 0.5) is 0 Å². The number of carbonyl (C=O) groups excluding carboxylic acids is 1. The molecule has 2 rings (SSSR count). The molecule has 2 heteroatoms. The Morgan fingerprint density at radius 2 is 1.88 bits per heavy atom. The maximum Gasteiger partial charge on any atom is 0.223 e. The molecule has 16 heavy (non-hydrogen) atoms. The highest BCUT2D eigenvalue weighted by molar-refractivity contribution is 5.77. The predicted octanol–water partition coefficient (Wildman–Crippen LogP) is 3.21. The van der Waals surface area contributed by atoms with E-state index in [-0.39, 0.29) is 0 Å². The van der Waals surface area contributed by atoms with Gasteiger partial charge in [-0.15, -0.1) is 0 Å². The smallest absolute Gasteiger partial charge is 0.223 e. The van der Waals surface area contributed by atoms with Crippen molar-refractivity contribution in [3.05, 3.63) is 0 Å². The summed E-state index contributed by atoms with van der Waals surface area (Å²) in [7, 11) is 0. The maximum absolute atomic E-state index is 12.1. The van der Waals surface area contributed by atoms with Crippen LogP contribution in [0.2, 0.25) is 0 Å². The fraction of sp³-hybridized carbons (Fsp3) is 0.929. The van der Waals surface area contributed by atoms with Gasteiger partial charge >= 0.3 is 0 Å². The first kappa shape index (κ1) is 11.9. The summed E-state index contributed by atoms with van der Waals surface area (Å²) < 4.78 is 0. The fourth-order valence-electron chi connectivity index (χ4n) is 3.40. The van der Waals surface area contributed by atoms with Crippen LogP contribution in [0.3, 0.4) is 0 Å². The standard InChI is InChI=1S/C14H25NO/c1-11(2)10-14(16)15-9-5-8-13(15)12-6-3-4-7-12/h11-13H,3-10H2,1-2H3. The minimum Gasteiger partial charge on any atom is -0.339 e. The molecule has 2 nitrogen and oxygen atoms in total. The molecule has 1 unspecified atom stereocenters. The molecule has 2 aliphatic rings. The van der Waals surface area contributed by atoms with Crippen LogP contribution in [0, 0.1) is 11.8 Å². The molecule has 0 aromatic heterocycles. The molecule has 0 aromatic carbocycles. The van der Waals surface area contributed by atoms with Crippen LogP contribution in [-0.4, -0.2) is 23.4 Å². The van der Waals surface area contributed by atoms with Gasteiger partial charge in [-0.05, 0) is 37.5 Å². The van der Waals surface area contributed by atoms with E-state index in [4.69, 9.17) is 0 Å². The van der Waals surface area contributed by atoms with Crippen molar-refractivity contribution in [2.75, 3.05) is 6.54 Å². The van der Waals surface area contributed by atoms with Gasteiger partial charge in [-0.25, -0.2) is 0 Å². The summed E-state index contributed by atoms with van der Waals surface area (Å²) in [6.07, 6.45) is 8.70. The van der Waals surface area contributed by atoms with Crippen molar-refractivity contribution in [1.82, 2.24) is 4.90 Å². The lowest BCUT2D eigenvalue weighted by Gasteiger charge is -2.30. The number of rotatable bonds is 3. The second-order valence-electron chi connectivity index (χ2n) is 5.94. The van der Waals surface area contributed by atoms with Gasteiger partial charge in [0.2, 0.25) is 5.91 Å². The molecule has 0 radical (unpaired) electrons. The van der Waals surface area contributed by atoms with Crippen molar-refractivity contribution in [2.24, 2.45) is 11.8 Å². The van der Waals surface area contributed by atoms with Crippen molar-refractivity contribution < 1.29 is 4.79 Å². The molecule has 0 N–H and O–H groups in total. The Bertz CT molecular complexity index is 243. The van der Waals surface area contributed by atoms with E-state index < -0.39 is 0 Å². The van der Waals surface area contributed by atoms with Crippen molar-refractivity contribution in [1.29, 1.82) is 0 Å². The van der Waals surface area contributed by atoms with E-state index in [1.807, 2.05) is 0 Å². The zero-order valence-electron chi connectivity index (χ0n) is 10.7. The second kappa shape index (κ2) is 5.20. The molecule has 2 fully saturated rings. The van der Waals surface area contributed by atoms with Gasteiger partial charge in [0.05, 0.1) is 0 Å². The summed E-state index contributed by atoms with van der Waals surface area (Å²) in [5.41, 5.74) is 0. The number of amides is 1. The van der Waals surface area contributed by atoms with E-state index in [9.17, 15) is 4.79 Å². The summed E-state index contributed by atoms with van der Waals surface area (Å²) in [6.45, 7) is 5.30. The Morgan fingerprint density at radius 3 is 2.50 bits per heavy atom. The lowest BCUT2D eigenvalue weighted by atomic mass is 9.95. The van der Waals surface area contributed by atoms with Crippen LogP contribution in [0.15, 0.2) is 0 Å². The van der Waals surface area contributed by atoms with Crippen molar-refractivity contribution in [3.8, 4) is 0 Å². The van der Waals surface area contributed by atoms with Gasteiger partial charge in [-0.2, -0.15) is 0 Å². The largest absolute Gasteiger partial charge is 0.339 e. The van der Waals surface area contributed by atoms with Gasteiger partial charge in [0, 0.05) is 19.0 Å². The van der Waals surface area contributed by atoms with E-state index in [0.717, 1.165) is 18.9 Å². The zero-order chi connectivity index (χ0) is 11.5. The van der Waals surface area contributed by atoms with Crippen LogP contribution in [-0.2, 0) is 4.79 Å². The number of likely N-dealkylation sites (tertiary alicyclic amines) is 1. The molecule has 1 amide bonds. The minimum atomic E-state index is 0.407. The third-order valence-electron chi connectivity index (χ3n) is 4.15. The minimum absolute atomic E-state index is 0.407. The van der Waals surface area contributed by atoms with E-state index in [1.54, 1.807) is 0 Å². The molecule has 1 heterocycles. The molecule has 1 aliphatic carbocycles. The fourth-order valence-corrected chi connectivity index (χ4v) is 3.40. The van der Waals surface area contributed by atoms with Gasteiger partial charge < -0.3 is 4.90 Å². The van der Waals surface area contributed by atoms with Crippen LogP contribution in [0.1, 0.15) is 58.8 Å². The molecular formula is C14H25NO. The first-order valence-electron chi connectivity index (χ1n) is 6.98. The highest BCUT2D eigenvalue weighted by Crippen LogP contribution is 2.35. The number of nitrogens with zero attached hydrogens (tertiary/aromatic N) is 1. The van der Waals surface area contributed by atoms with Gasteiger partial charge in [-0.3, -0.25) is 4.79 Å². The quantitative estimate of drug-likeness (QED) is 0.719. The highest BCUT2D eigenvalue weighted by Gasteiger charge is 2.35. The molecule has 1 atom stereocenters. The third-order valence-corrected chi connectivity index (χ3v) is 4.15.